The van der Waals surface area contributed by atoms with Crippen molar-refractivity contribution in [3.05, 3.63) is 65.0 Å². The van der Waals surface area contributed by atoms with Crippen LogP contribution in [0.15, 0.2) is 53.6 Å². The molecule has 1 heterocycles. The van der Waals surface area contributed by atoms with E-state index in [0.717, 1.165) is 16.0 Å². The summed E-state index contributed by atoms with van der Waals surface area (Å²) in [6.45, 7) is 2.55. The van der Waals surface area contributed by atoms with Gasteiger partial charge in [-0.2, -0.15) is 0 Å². The van der Waals surface area contributed by atoms with Crippen molar-refractivity contribution in [1.29, 1.82) is 0 Å². The van der Waals surface area contributed by atoms with Gasteiger partial charge in [0.25, 0.3) is 0 Å². The van der Waals surface area contributed by atoms with Gasteiger partial charge < -0.3 is 10.1 Å². The van der Waals surface area contributed by atoms with Crippen LogP contribution in [0, 0.1) is 5.82 Å². The lowest BCUT2D eigenvalue weighted by atomic mass is 10.1. The Hall–Kier alpha value is -2.38. The van der Waals surface area contributed by atoms with Gasteiger partial charge in [-0.3, -0.25) is 4.79 Å². The lowest BCUT2D eigenvalue weighted by molar-refractivity contribution is 0.104. The second-order valence-corrected chi connectivity index (χ2v) is 7.17. The molecule has 3 rings (SSSR count). The predicted molar refractivity (Wildman–Crippen MR) is 107 cm³/mol. The molecule has 7 heteroatoms. The van der Waals surface area contributed by atoms with E-state index >= 15 is 0 Å². The number of nitrogens with one attached hydrogen (secondary N) is 1. The fraction of sp³-hybridized carbons (Fsp3) is 0.158. The molecule has 134 valence electrons. The molecule has 0 radical (unpaired) electrons. The summed E-state index contributed by atoms with van der Waals surface area (Å²) in [5.41, 5.74) is 1.30. The highest BCUT2D eigenvalue weighted by Gasteiger charge is 2.09. The highest BCUT2D eigenvalue weighted by atomic mass is 32.2. The standard InChI is InChI=1S/C19H17FN2O2S2/c1-3-24-14-8-9-15-17(10-14)26-19(21-15)22-18(25-2)11-16(23)12-4-6-13(20)7-5-12/h4-11H,3H2,1-2H3,(H,21,22)/b18-11+. The highest BCUT2D eigenvalue weighted by Crippen LogP contribution is 2.31. The number of thiazole rings is 1. The van der Waals surface area contributed by atoms with Gasteiger partial charge in [-0.15, -0.1) is 11.8 Å². The fourth-order valence-electron chi connectivity index (χ4n) is 2.28. The fourth-order valence-corrected chi connectivity index (χ4v) is 3.68. The predicted octanol–water partition coefficient (Wildman–Crippen LogP) is 5.33. The minimum Gasteiger partial charge on any atom is -0.494 e. The smallest absolute Gasteiger partial charge is 0.188 e. The summed E-state index contributed by atoms with van der Waals surface area (Å²) >= 11 is 2.90. The minimum absolute atomic E-state index is 0.193. The van der Waals surface area contributed by atoms with E-state index in [1.165, 1.54) is 53.4 Å². The second-order valence-electron chi connectivity index (χ2n) is 5.29. The number of hydrogen-bond acceptors (Lipinski definition) is 6. The third kappa shape index (κ3) is 4.42. The molecule has 0 aliphatic carbocycles. The molecule has 3 aromatic rings. The monoisotopic (exact) mass is 388 g/mol. The highest BCUT2D eigenvalue weighted by molar-refractivity contribution is 8.02. The number of ketones is 1. The van der Waals surface area contributed by atoms with Crippen LogP contribution >= 0.6 is 23.1 Å². The van der Waals surface area contributed by atoms with E-state index in [-0.39, 0.29) is 11.6 Å². The molecule has 0 unspecified atom stereocenters. The summed E-state index contributed by atoms with van der Waals surface area (Å²) in [6, 6.07) is 11.2. The third-order valence-electron chi connectivity index (χ3n) is 3.51. The molecule has 1 aromatic heterocycles. The molecule has 0 saturated heterocycles. The van der Waals surface area contributed by atoms with Crippen LogP contribution in [0.25, 0.3) is 10.2 Å². The van der Waals surface area contributed by atoms with E-state index < -0.39 is 0 Å². The molecule has 0 saturated carbocycles. The van der Waals surface area contributed by atoms with Crippen LogP contribution in [0.5, 0.6) is 5.75 Å². The summed E-state index contributed by atoms with van der Waals surface area (Å²) < 4.78 is 19.5. The summed E-state index contributed by atoms with van der Waals surface area (Å²) in [7, 11) is 0. The zero-order valence-electron chi connectivity index (χ0n) is 14.3. The van der Waals surface area contributed by atoms with Crippen LogP contribution in [0.2, 0.25) is 0 Å². The Balaban J connectivity index is 1.79. The summed E-state index contributed by atoms with van der Waals surface area (Å²) in [4.78, 5) is 16.8. The number of hydrogen-bond donors (Lipinski definition) is 1. The molecular formula is C19H17FN2O2S2. The zero-order valence-corrected chi connectivity index (χ0v) is 15.9. The molecule has 0 spiro atoms. The molecule has 0 aliphatic heterocycles. The van der Waals surface area contributed by atoms with Gasteiger partial charge in [0.1, 0.15) is 11.6 Å². The lowest BCUT2D eigenvalue weighted by Crippen LogP contribution is -2.01. The Morgan fingerprint density at radius 1 is 1.31 bits per heavy atom. The first-order chi connectivity index (χ1) is 12.6. The molecule has 26 heavy (non-hydrogen) atoms. The average Bonchev–Trinajstić information content (AvgIpc) is 3.03. The van der Waals surface area contributed by atoms with E-state index in [1.54, 1.807) is 0 Å². The van der Waals surface area contributed by atoms with Crippen LogP contribution in [0.3, 0.4) is 0 Å². The van der Waals surface area contributed by atoms with Crippen LogP contribution in [-0.4, -0.2) is 23.6 Å². The van der Waals surface area contributed by atoms with Crippen molar-refractivity contribution in [2.75, 3.05) is 18.2 Å². The minimum atomic E-state index is -0.366. The number of aromatic nitrogens is 1. The van der Waals surface area contributed by atoms with Crippen molar-refractivity contribution in [2.45, 2.75) is 6.92 Å². The van der Waals surface area contributed by atoms with Crippen LogP contribution in [-0.2, 0) is 0 Å². The Morgan fingerprint density at radius 2 is 2.08 bits per heavy atom. The van der Waals surface area contributed by atoms with E-state index in [4.69, 9.17) is 4.74 Å². The van der Waals surface area contributed by atoms with Gasteiger partial charge in [0, 0.05) is 11.6 Å². The topological polar surface area (TPSA) is 51.2 Å². The van der Waals surface area contributed by atoms with E-state index in [0.29, 0.717) is 22.3 Å². The van der Waals surface area contributed by atoms with Gasteiger partial charge in [0.2, 0.25) is 0 Å². The Kier molecular flexibility index (Phi) is 5.90. The first-order valence-electron chi connectivity index (χ1n) is 7.95. The van der Waals surface area contributed by atoms with Crippen molar-refractivity contribution < 1.29 is 13.9 Å². The third-order valence-corrected chi connectivity index (χ3v) is 5.11. The maximum Gasteiger partial charge on any atom is 0.188 e. The maximum atomic E-state index is 13.0. The molecule has 0 bridgehead atoms. The second kappa shape index (κ2) is 8.33. The molecule has 1 N–H and O–H groups in total. The number of anilines is 1. The molecule has 4 nitrogen and oxygen atoms in total. The molecule has 0 fully saturated rings. The van der Waals surface area contributed by atoms with Crippen LogP contribution in [0.1, 0.15) is 17.3 Å². The Morgan fingerprint density at radius 3 is 2.77 bits per heavy atom. The molecule has 0 atom stereocenters. The Bertz CT molecular complexity index is 952. The van der Waals surface area contributed by atoms with Gasteiger partial charge >= 0.3 is 0 Å². The van der Waals surface area contributed by atoms with Gasteiger partial charge in [0.05, 0.1) is 21.9 Å². The van der Waals surface area contributed by atoms with Gasteiger partial charge in [-0.05, 0) is 55.6 Å². The van der Waals surface area contributed by atoms with Crippen molar-refractivity contribution in [3.63, 3.8) is 0 Å². The number of halogens is 1. The number of nitrogens with zero attached hydrogens (tertiary/aromatic N) is 1. The van der Waals surface area contributed by atoms with E-state index in [1.807, 2.05) is 31.4 Å². The number of fused-ring (bicyclic) bond motifs is 1. The number of carbonyl (C=O) groups is 1. The first-order valence-corrected chi connectivity index (χ1v) is 9.99. The SMILES string of the molecule is CCOc1ccc2nc(N/C(=C\C(=O)c3ccc(F)cc3)SC)sc2c1. The van der Waals surface area contributed by atoms with E-state index in [9.17, 15) is 9.18 Å². The van der Waals surface area contributed by atoms with Crippen molar-refractivity contribution >= 4 is 44.2 Å². The van der Waals surface area contributed by atoms with Gasteiger partial charge in [0.15, 0.2) is 10.9 Å². The number of benzene rings is 2. The quantitative estimate of drug-likeness (QED) is 0.438. The van der Waals surface area contributed by atoms with E-state index in [2.05, 4.69) is 10.3 Å². The number of allylic oxidation sites excluding steroid dienone is 1. The Labute approximate surface area is 159 Å². The number of ether oxygens (including phenoxy) is 1. The number of thioether (sulfide) groups is 1. The zero-order chi connectivity index (χ0) is 18.5. The largest absolute Gasteiger partial charge is 0.494 e. The summed E-state index contributed by atoms with van der Waals surface area (Å²) in [6.07, 6.45) is 3.37. The molecule has 0 aliphatic rings. The number of carbonyl (C=O) groups excluding carboxylic acids is 1. The molecule has 2 aromatic carbocycles. The van der Waals surface area contributed by atoms with Crippen molar-refractivity contribution in [3.8, 4) is 5.75 Å². The van der Waals surface area contributed by atoms with Gasteiger partial charge in [-0.25, -0.2) is 9.37 Å². The normalized spacial score (nSPS) is 11.6. The van der Waals surface area contributed by atoms with Crippen LogP contribution in [0.4, 0.5) is 9.52 Å². The number of rotatable bonds is 7. The lowest BCUT2D eigenvalue weighted by Gasteiger charge is -2.04. The van der Waals surface area contributed by atoms with Gasteiger partial charge in [-0.1, -0.05) is 11.3 Å². The van der Waals surface area contributed by atoms with Crippen molar-refractivity contribution in [2.24, 2.45) is 0 Å². The maximum absolute atomic E-state index is 13.0. The molecular weight excluding hydrogens is 371 g/mol. The molecule has 0 amide bonds. The summed E-state index contributed by atoms with van der Waals surface area (Å²) in [5.74, 6) is 0.249. The van der Waals surface area contributed by atoms with Crippen molar-refractivity contribution in [1.82, 2.24) is 4.98 Å². The average molecular weight is 388 g/mol. The van der Waals surface area contributed by atoms with Crippen LogP contribution < -0.4 is 10.1 Å². The summed E-state index contributed by atoms with van der Waals surface area (Å²) in [5, 5.41) is 4.54. The first kappa shape index (κ1) is 18.4.